The summed E-state index contributed by atoms with van der Waals surface area (Å²) in [6.07, 6.45) is 5.08. The molecule has 0 radical (unpaired) electrons. The number of anilines is 1. The van der Waals surface area contributed by atoms with Gasteiger partial charge in [-0.2, -0.15) is 4.73 Å². The number of fused-ring (bicyclic) bond motifs is 1. The summed E-state index contributed by atoms with van der Waals surface area (Å²) in [4.78, 5) is 25.3. The van der Waals surface area contributed by atoms with Crippen LogP contribution < -0.4 is 5.32 Å². The smallest absolute Gasteiger partial charge is 0.237 e. The van der Waals surface area contributed by atoms with Gasteiger partial charge in [0.1, 0.15) is 0 Å². The molecule has 1 saturated carbocycles. The first-order valence-electron chi connectivity index (χ1n) is 9.53. The van der Waals surface area contributed by atoms with Crippen molar-refractivity contribution >= 4 is 28.3 Å². The Kier molecular flexibility index (Phi) is 4.77. The van der Waals surface area contributed by atoms with Crippen molar-refractivity contribution in [2.45, 2.75) is 32.1 Å². The lowest BCUT2D eigenvalue weighted by atomic mass is 9.88. The number of nitrogens with zero attached hydrogens (tertiary/aromatic N) is 1. The van der Waals surface area contributed by atoms with Crippen LogP contribution in [0.3, 0.4) is 0 Å². The Bertz CT molecular complexity index is 1030. The molecule has 0 spiro atoms. The molecule has 1 heterocycles. The second kappa shape index (κ2) is 7.38. The molecule has 1 aromatic heterocycles. The number of hydrogen-bond acceptors (Lipinski definition) is 4. The highest BCUT2D eigenvalue weighted by atomic mass is 16.5. The third-order valence-electron chi connectivity index (χ3n) is 5.43. The van der Waals surface area contributed by atoms with Crippen LogP contribution in [-0.2, 0) is 4.79 Å². The van der Waals surface area contributed by atoms with Crippen molar-refractivity contribution < 1.29 is 19.9 Å². The zero-order valence-electron chi connectivity index (χ0n) is 15.4. The van der Waals surface area contributed by atoms with Crippen LogP contribution in [0.5, 0.6) is 5.88 Å². The number of carbonyl (C=O) groups is 2. The monoisotopic (exact) mass is 378 g/mol. The number of aromatic nitrogens is 1. The molecule has 0 unspecified atom stereocenters. The molecular formula is C22H22N2O4. The fraction of sp³-hybridized carbons (Fsp3) is 0.273. The second-order valence-electron chi connectivity index (χ2n) is 7.26. The Morgan fingerprint density at radius 1 is 1.00 bits per heavy atom. The molecule has 4 rings (SSSR count). The third kappa shape index (κ3) is 3.22. The van der Waals surface area contributed by atoms with Gasteiger partial charge < -0.3 is 15.6 Å². The van der Waals surface area contributed by atoms with Gasteiger partial charge in [0.25, 0.3) is 0 Å². The lowest BCUT2D eigenvalue weighted by Crippen LogP contribution is -2.24. The van der Waals surface area contributed by atoms with E-state index in [2.05, 4.69) is 5.32 Å². The van der Waals surface area contributed by atoms with Crippen molar-refractivity contribution in [1.82, 2.24) is 4.73 Å². The molecule has 2 aromatic carbocycles. The number of nitrogens with one attached hydrogen (secondary N) is 1. The van der Waals surface area contributed by atoms with Gasteiger partial charge in [-0.15, -0.1) is 0 Å². The zero-order chi connectivity index (χ0) is 19.7. The first-order valence-corrected chi connectivity index (χ1v) is 9.53. The summed E-state index contributed by atoms with van der Waals surface area (Å²) in [6, 6.07) is 13.5. The predicted octanol–water partition coefficient (Wildman–Crippen LogP) is 4.33. The lowest BCUT2D eigenvalue weighted by molar-refractivity contribution is -0.120. The number of amides is 1. The number of benzene rings is 2. The molecule has 3 N–H and O–H groups in total. The topological polar surface area (TPSA) is 91.6 Å². The van der Waals surface area contributed by atoms with E-state index in [1.165, 1.54) is 6.42 Å². The average Bonchev–Trinajstić information content (AvgIpc) is 2.99. The van der Waals surface area contributed by atoms with Crippen molar-refractivity contribution in [2.24, 2.45) is 5.92 Å². The predicted molar refractivity (Wildman–Crippen MR) is 106 cm³/mol. The molecule has 0 saturated heterocycles. The van der Waals surface area contributed by atoms with Crippen LogP contribution in [0.25, 0.3) is 10.9 Å². The number of ketones is 1. The summed E-state index contributed by atoms with van der Waals surface area (Å²) >= 11 is 0. The Morgan fingerprint density at radius 3 is 2.43 bits per heavy atom. The molecule has 144 valence electrons. The second-order valence-corrected chi connectivity index (χ2v) is 7.26. The van der Waals surface area contributed by atoms with Gasteiger partial charge >= 0.3 is 0 Å². The molecule has 0 bridgehead atoms. The van der Waals surface area contributed by atoms with Crippen molar-refractivity contribution in [2.75, 3.05) is 5.32 Å². The van der Waals surface area contributed by atoms with Crippen LogP contribution in [0.1, 0.15) is 48.0 Å². The van der Waals surface area contributed by atoms with Crippen molar-refractivity contribution in [3.63, 3.8) is 0 Å². The van der Waals surface area contributed by atoms with Gasteiger partial charge in [-0.25, -0.2) is 0 Å². The number of carbonyl (C=O) groups excluding carboxylic acids is 2. The normalized spacial score (nSPS) is 14.9. The van der Waals surface area contributed by atoms with Crippen LogP contribution in [0.15, 0.2) is 48.5 Å². The molecule has 3 aromatic rings. The number of hydrogen-bond donors (Lipinski definition) is 3. The molecule has 6 nitrogen and oxygen atoms in total. The zero-order valence-corrected chi connectivity index (χ0v) is 15.4. The minimum Gasteiger partial charge on any atom is -0.492 e. The maximum Gasteiger partial charge on any atom is 0.237 e. The van der Waals surface area contributed by atoms with Crippen LogP contribution in [-0.4, -0.2) is 26.7 Å². The lowest BCUT2D eigenvalue weighted by Gasteiger charge is -2.20. The van der Waals surface area contributed by atoms with Crippen molar-refractivity contribution in [3.8, 4) is 5.88 Å². The Balaban J connectivity index is 1.66. The average molecular weight is 378 g/mol. The highest BCUT2D eigenvalue weighted by Gasteiger charge is 2.25. The van der Waals surface area contributed by atoms with E-state index < -0.39 is 5.88 Å². The van der Waals surface area contributed by atoms with E-state index in [9.17, 15) is 19.9 Å². The summed E-state index contributed by atoms with van der Waals surface area (Å²) in [5.74, 6) is -0.914. The summed E-state index contributed by atoms with van der Waals surface area (Å²) in [5, 5.41) is 23.9. The Hall–Kier alpha value is -3.28. The van der Waals surface area contributed by atoms with E-state index in [0.29, 0.717) is 21.4 Å². The van der Waals surface area contributed by atoms with E-state index in [1.54, 1.807) is 48.5 Å². The van der Waals surface area contributed by atoms with Gasteiger partial charge in [0.2, 0.25) is 11.8 Å². The van der Waals surface area contributed by atoms with Gasteiger partial charge in [0.15, 0.2) is 5.78 Å². The van der Waals surface area contributed by atoms with Crippen molar-refractivity contribution in [1.29, 1.82) is 0 Å². The minimum atomic E-state index is -0.514. The molecule has 6 heteroatoms. The number of rotatable bonds is 4. The maximum atomic E-state index is 12.8. The van der Waals surface area contributed by atoms with E-state index in [0.717, 1.165) is 25.7 Å². The van der Waals surface area contributed by atoms with E-state index in [1.807, 2.05) is 0 Å². The maximum absolute atomic E-state index is 12.8. The fourth-order valence-electron chi connectivity index (χ4n) is 3.90. The quantitative estimate of drug-likeness (QED) is 0.465. The van der Waals surface area contributed by atoms with E-state index in [-0.39, 0.29) is 28.7 Å². The minimum absolute atomic E-state index is 0.00832. The number of aromatic hydroxyl groups is 1. The Morgan fingerprint density at radius 2 is 1.71 bits per heavy atom. The van der Waals surface area contributed by atoms with Gasteiger partial charge in [-0.1, -0.05) is 49.6 Å². The summed E-state index contributed by atoms with van der Waals surface area (Å²) < 4.78 is 0.585. The molecular weight excluding hydrogens is 356 g/mol. The highest BCUT2D eigenvalue weighted by Crippen LogP contribution is 2.34. The van der Waals surface area contributed by atoms with E-state index in [4.69, 9.17) is 0 Å². The molecule has 1 aliphatic rings. The van der Waals surface area contributed by atoms with Gasteiger partial charge in [-0.05, 0) is 31.0 Å². The largest absolute Gasteiger partial charge is 0.492 e. The van der Waals surface area contributed by atoms with Gasteiger partial charge in [-0.3, -0.25) is 9.59 Å². The molecule has 1 fully saturated rings. The summed E-state index contributed by atoms with van der Waals surface area (Å²) in [7, 11) is 0. The van der Waals surface area contributed by atoms with Gasteiger partial charge in [0, 0.05) is 22.6 Å². The van der Waals surface area contributed by atoms with Crippen LogP contribution in [0, 0.1) is 5.92 Å². The van der Waals surface area contributed by atoms with Crippen molar-refractivity contribution in [3.05, 3.63) is 59.7 Å². The standard InChI is InChI=1S/C22H22N2O4/c25-20(14-7-3-1-4-8-14)19-17-12-11-16(13-18(17)24(28)22(19)27)23-21(26)15-9-5-2-6-10-15/h1,3-4,7-8,11-13,15,27-28H,2,5-6,9-10H2,(H,23,26). The van der Waals surface area contributed by atoms with Crippen LogP contribution >= 0.6 is 0 Å². The fourth-order valence-corrected chi connectivity index (χ4v) is 3.90. The first-order chi connectivity index (χ1) is 13.6. The molecule has 1 aliphatic carbocycles. The summed E-state index contributed by atoms with van der Waals surface area (Å²) in [6.45, 7) is 0. The van der Waals surface area contributed by atoms with Crippen LogP contribution in [0.2, 0.25) is 0 Å². The first kappa shape index (κ1) is 18.1. The summed E-state index contributed by atoms with van der Waals surface area (Å²) in [5.41, 5.74) is 1.24. The van der Waals surface area contributed by atoms with Crippen LogP contribution in [0.4, 0.5) is 5.69 Å². The molecule has 0 atom stereocenters. The Labute approximate surface area is 162 Å². The van der Waals surface area contributed by atoms with E-state index >= 15 is 0 Å². The highest BCUT2D eigenvalue weighted by molar-refractivity contribution is 6.18. The third-order valence-corrected chi connectivity index (χ3v) is 5.43. The molecule has 0 aliphatic heterocycles. The molecule has 1 amide bonds. The van der Waals surface area contributed by atoms with Gasteiger partial charge in [0.05, 0.1) is 11.1 Å². The SMILES string of the molecule is O=C(c1ccccc1)c1c(O)n(O)c2cc(NC(=O)C3CCCCC3)ccc12. The molecule has 28 heavy (non-hydrogen) atoms.